The molecule has 1 saturated carbocycles. The SMILES string of the molecule is Cc1ccccc1-n1ccnc1SCC(=O)N(Cc1ccc(F)cc1)C1CC1. The Hall–Kier alpha value is -2.60. The minimum Gasteiger partial charge on any atom is -0.335 e. The molecule has 28 heavy (non-hydrogen) atoms. The molecule has 1 amide bonds. The van der Waals surface area contributed by atoms with Crippen LogP contribution in [0.2, 0.25) is 0 Å². The highest BCUT2D eigenvalue weighted by Gasteiger charge is 2.32. The lowest BCUT2D eigenvalue weighted by atomic mass is 10.2. The average Bonchev–Trinajstić information content (AvgIpc) is 3.43. The molecule has 0 atom stereocenters. The predicted octanol–water partition coefficient (Wildman–Crippen LogP) is 4.60. The third-order valence-corrected chi connectivity index (χ3v) is 5.83. The van der Waals surface area contributed by atoms with E-state index < -0.39 is 0 Å². The van der Waals surface area contributed by atoms with E-state index in [1.807, 2.05) is 33.9 Å². The number of thioether (sulfide) groups is 1. The molecular formula is C22H22FN3OS. The second kappa shape index (κ2) is 8.19. The Morgan fingerprint density at radius 2 is 1.96 bits per heavy atom. The Labute approximate surface area is 168 Å². The van der Waals surface area contributed by atoms with Crippen LogP contribution in [0.1, 0.15) is 24.0 Å². The number of aryl methyl sites for hydroxylation is 1. The molecule has 0 spiro atoms. The number of para-hydroxylation sites is 1. The molecule has 0 bridgehead atoms. The zero-order valence-electron chi connectivity index (χ0n) is 15.7. The van der Waals surface area contributed by atoms with E-state index in [1.54, 1.807) is 18.3 Å². The number of hydrogen-bond acceptors (Lipinski definition) is 3. The van der Waals surface area contributed by atoms with Crippen LogP contribution in [0, 0.1) is 12.7 Å². The molecular weight excluding hydrogens is 373 g/mol. The van der Waals surface area contributed by atoms with Gasteiger partial charge in [-0.05, 0) is 49.1 Å². The lowest BCUT2D eigenvalue weighted by Crippen LogP contribution is -2.34. The van der Waals surface area contributed by atoms with Gasteiger partial charge < -0.3 is 4.90 Å². The highest BCUT2D eigenvalue weighted by atomic mass is 32.2. The summed E-state index contributed by atoms with van der Waals surface area (Å²) in [6.45, 7) is 2.59. The molecule has 1 fully saturated rings. The summed E-state index contributed by atoms with van der Waals surface area (Å²) in [6.07, 6.45) is 5.76. The van der Waals surface area contributed by atoms with E-state index >= 15 is 0 Å². The van der Waals surface area contributed by atoms with Gasteiger partial charge in [-0.3, -0.25) is 9.36 Å². The number of imidazole rings is 1. The monoisotopic (exact) mass is 395 g/mol. The third kappa shape index (κ3) is 4.28. The van der Waals surface area contributed by atoms with Gasteiger partial charge in [0.1, 0.15) is 5.82 Å². The zero-order valence-corrected chi connectivity index (χ0v) is 16.5. The quantitative estimate of drug-likeness (QED) is 0.549. The number of hydrogen-bond donors (Lipinski definition) is 0. The van der Waals surface area contributed by atoms with Crippen LogP contribution in [0.15, 0.2) is 66.1 Å². The van der Waals surface area contributed by atoms with Gasteiger partial charge in [0.25, 0.3) is 0 Å². The Kier molecular flexibility index (Phi) is 5.48. The molecule has 0 unspecified atom stereocenters. The molecule has 0 aliphatic heterocycles. The van der Waals surface area contributed by atoms with Crippen LogP contribution in [0.5, 0.6) is 0 Å². The largest absolute Gasteiger partial charge is 0.335 e. The smallest absolute Gasteiger partial charge is 0.233 e. The number of carbonyl (C=O) groups excluding carboxylic acids is 1. The summed E-state index contributed by atoms with van der Waals surface area (Å²) in [4.78, 5) is 19.3. The Bertz CT molecular complexity index is 966. The lowest BCUT2D eigenvalue weighted by Gasteiger charge is -2.22. The molecule has 144 valence electrons. The van der Waals surface area contributed by atoms with E-state index in [0.29, 0.717) is 18.3 Å². The second-order valence-corrected chi connectivity index (χ2v) is 7.98. The van der Waals surface area contributed by atoms with Crippen LogP contribution in [-0.4, -0.2) is 32.2 Å². The van der Waals surface area contributed by atoms with Crippen LogP contribution in [-0.2, 0) is 11.3 Å². The molecule has 6 heteroatoms. The number of benzene rings is 2. The maximum absolute atomic E-state index is 13.1. The number of nitrogens with zero attached hydrogens (tertiary/aromatic N) is 3. The standard InChI is InChI=1S/C22H22FN3OS/c1-16-4-2-3-5-20(16)25-13-12-24-22(25)28-15-21(27)26(19-10-11-19)14-17-6-8-18(23)9-7-17/h2-9,12-13,19H,10-11,14-15H2,1H3. The Balaban J connectivity index is 1.44. The first-order chi connectivity index (χ1) is 13.6. The summed E-state index contributed by atoms with van der Waals surface area (Å²) in [7, 11) is 0. The van der Waals surface area contributed by atoms with Gasteiger partial charge in [-0.1, -0.05) is 42.1 Å². The van der Waals surface area contributed by atoms with Gasteiger partial charge in [0.2, 0.25) is 5.91 Å². The van der Waals surface area contributed by atoms with Crippen LogP contribution in [0.4, 0.5) is 4.39 Å². The Morgan fingerprint density at radius 1 is 1.21 bits per heavy atom. The molecule has 0 N–H and O–H groups in total. The topological polar surface area (TPSA) is 38.1 Å². The van der Waals surface area contributed by atoms with Gasteiger partial charge in [0, 0.05) is 25.0 Å². The molecule has 0 saturated heterocycles. The van der Waals surface area contributed by atoms with Crippen molar-refractivity contribution in [2.24, 2.45) is 0 Å². The van der Waals surface area contributed by atoms with E-state index in [2.05, 4.69) is 18.0 Å². The third-order valence-electron chi connectivity index (χ3n) is 4.88. The molecule has 1 heterocycles. The van der Waals surface area contributed by atoms with Crippen molar-refractivity contribution >= 4 is 17.7 Å². The highest BCUT2D eigenvalue weighted by Crippen LogP contribution is 2.30. The summed E-state index contributed by atoms with van der Waals surface area (Å²) >= 11 is 1.45. The second-order valence-electron chi connectivity index (χ2n) is 7.03. The van der Waals surface area contributed by atoms with Gasteiger partial charge >= 0.3 is 0 Å². The van der Waals surface area contributed by atoms with Crippen molar-refractivity contribution in [3.63, 3.8) is 0 Å². The first-order valence-corrected chi connectivity index (χ1v) is 10.4. The number of aromatic nitrogens is 2. The van der Waals surface area contributed by atoms with E-state index in [4.69, 9.17) is 0 Å². The molecule has 4 rings (SSSR count). The highest BCUT2D eigenvalue weighted by molar-refractivity contribution is 7.99. The van der Waals surface area contributed by atoms with Crippen molar-refractivity contribution in [3.05, 3.63) is 77.9 Å². The number of carbonyl (C=O) groups is 1. The van der Waals surface area contributed by atoms with Gasteiger partial charge in [-0.2, -0.15) is 0 Å². The Morgan fingerprint density at radius 3 is 2.68 bits per heavy atom. The zero-order chi connectivity index (χ0) is 19.5. The molecule has 2 aromatic carbocycles. The van der Waals surface area contributed by atoms with Crippen LogP contribution in [0.25, 0.3) is 5.69 Å². The fraction of sp³-hybridized carbons (Fsp3) is 0.273. The maximum Gasteiger partial charge on any atom is 0.233 e. The molecule has 0 radical (unpaired) electrons. The lowest BCUT2D eigenvalue weighted by molar-refractivity contribution is -0.129. The number of amides is 1. The summed E-state index contributed by atoms with van der Waals surface area (Å²) in [6, 6.07) is 14.8. The molecule has 1 aliphatic carbocycles. The van der Waals surface area contributed by atoms with Gasteiger partial charge in [-0.25, -0.2) is 9.37 Å². The van der Waals surface area contributed by atoms with E-state index in [-0.39, 0.29) is 11.7 Å². The van der Waals surface area contributed by atoms with Gasteiger partial charge in [0.05, 0.1) is 11.4 Å². The van der Waals surface area contributed by atoms with Crippen LogP contribution >= 0.6 is 11.8 Å². The number of halogens is 1. The normalized spacial score (nSPS) is 13.5. The fourth-order valence-electron chi connectivity index (χ4n) is 3.22. The molecule has 3 aromatic rings. The van der Waals surface area contributed by atoms with Gasteiger partial charge in [-0.15, -0.1) is 0 Å². The summed E-state index contributed by atoms with van der Waals surface area (Å²) in [5.41, 5.74) is 3.18. The summed E-state index contributed by atoms with van der Waals surface area (Å²) in [5.74, 6) is 0.170. The predicted molar refractivity (Wildman–Crippen MR) is 109 cm³/mol. The van der Waals surface area contributed by atoms with E-state index in [9.17, 15) is 9.18 Å². The summed E-state index contributed by atoms with van der Waals surface area (Å²) in [5, 5.41) is 0.806. The first-order valence-electron chi connectivity index (χ1n) is 9.38. The maximum atomic E-state index is 13.1. The first kappa shape index (κ1) is 18.7. The van der Waals surface area contributed by atoms with E-state index in [1.165, 1.54) is 23.9 Å². The van der Waals surface area contributed by atoms with Crippen molar-refractivity contribution in [1.29, 1.82) is 0 Å². The minimum atomic E-state index is -0.258. The van der Waals surface area contributed by atoms with Gasteiger partial charge in [0.15, 0.2) is 5.16 Å². The van der Waals surface area contributed by atoms with Crippen LogP contribution in [0.3, 0.4) is 0 Å². The van der Waals surface area contributed by atoms with Crippen molar-refractivity contribution < 1.29 is 9.18 Å². The van der Waals surface area contributed by atoms with E-state index in [0.717, 1.165) is 34.8 Å². The van der Waals surface area contributed by atoms with Crippen LogP contribution < -0.4 is 0 Å². The van der Waals surface area contributed by atoms with Crippen molar-refractivity contribution in [3.8, 4) is 5.69 Å². The molecule has 1 aromatic heterocycles. The summed E-state index contributed by atoms with van der Waals surface area (Å²) < 4.78 is 15.2. The van der Waals surface area contributed by atoms with Crippen molar-refractivity contribution in [2.75, 3.05) is 5.75 Å². The average molecular weight is 396 g/mol. The molecule has 1 aliphatic rings. The number of rotatable bonds is 7. The fourth-order valence-corrected chi connectivity index (χ4v) is 4.07. The van der Waals surface area contributed by atoms with Crippen molar-refractivity contribution in [1.82, 2.24) is 14.5 Å². The van der Waals surface area contributed by atoms with Crippen molar-refractivity contribution in [2.45, 2.75) is 37.5 Å². The minimum absolute atomic E-state index is 0.0937. The molecule has 4 nitrogen and oxygen atoms in total.